The molecule has 3 nitrogen and oxygen atoms in total. The molecule has 3 unspecified atom stereocenters. The second-order valence-electron chi connectivity index (χ2n) is 5.00. The van der Waals surface area contributed by atoms with Crippen LogP contribution in [0.1, 0.15) is 26.7 Å². The zero-order valence-electron chi connectivity index (χ0n) is 10.7. The number of rotatable bonds is 3. The number of carbonyl (C=O) groups excluding carboxylic acids is 1. The standard InChI is InChI=1S/C13H19F2NO2/c1-3-18-6-12-7(2)8-4-10(14)11(15)5-9(8)13(17)16-12/h8-11H,3-6H2,1-2H3,(H,16,17)/t8?,9-,10?,11?/m1/s1. The number of alkyl halides is 2. The van der Waals surface area contributed by atoms with Gasteiger partial charge >= 0.3 is 0 Å². The van der Waals surface area contributed by atoms with Crippen LogP contribution in [0.15, 0.2) is 11.3 Å². The summed E-state index contributed by atoms with van der Waals surface area (Å²) < 4.78 is 32.1. The first-order valence-corrected chi connectivity index (χ1v) is 6.41. The Bertz CT molecular complexity index is 370. The number of hydrogen-bond donors (Lipinski definition) is 1. The van der Waals surface area contributed by atoms with Gasteiger partial charge in [-0.05, 0) is 38.2 Å². The number of ether oxygens (including phenoxy) is 1. The zero-order chi connectivity index (χ0) is 13.3. The fourth-order valence-electron chi connectivity index (χ4n) is 2.80. The van der Waals surface area contributed by atoms with Crippen molar-refractivity contribution in [2.45, 2.75) is 39.0 Å². The van der Waals surface area contributed by atoms with Crippen LogP contribution in [0, 0.1) is 11.8 Å². The van der Waals surface area contributed by atoms with Crippen molar-refractivity contribution in [3.63, 3.8) is 0 Å². The van der Waals surface area contributed by atoms with Gasteiger partial charge in [-0.2, -0.15) is 0 Å². The molecule has 0 spiro atoms. The average molecular weight is 259 g/mol. The smallest absolute Gasteiger partial charge is 0.228 e. The van der Waals surface area contributed by atoms with Crippen molar-refractivity contribution in [1.29, 1.82) is 0 Å². The van der Waals surface area contributed by atoms with Crippen molar-refractivity contribution in [3.05, 3.63) is 11.3 Å². The van der Waals surface area contributed by atoms with E-state index in [2.05, 4.69) is 5.32 Å². The van der Waals surface area contributed by atoms with E-state index in [1.807, 2.05) is 13.8 Å². The minimum absolute atomic E-state index is 0.0169. The summed E-state index contributed by atoms with van der Waals surface area (Å²) in [5, 5.41) is 2.76. The summed E-state index contributed by atoms with van der Waals surface area (Å²) in [6.07, 6.45) is -2.89. The molecule has 1 amide bonds. The molecule has 1 saturated carbocycles. The second-order valence-corrected chi connectivity index (χ2v) is 5.00. The maximum Gasteiger partial charge on any atom is 0.228 e. The van der Waals surface area contributed by atoms with Crippen molar-refractivity contribution in [2.75, 3.05) is 13.2 Å². The molecule has 4 atom stereocenters. The van der Waals surface area contributed by atoms with Crippen LogP contribution in [0.5, 0.6) is 0 Å². The van der Waals surface area contributed by atoms with Crippen molar-refractivity contribution < 1.29 is 18.3 Å². The molecule has 2 aliphatic rings. The van der Waals surface area contributed by atoms with Crippen molar-refractivity contribution >= 4 is 5.91 Å². The van der Waals surface area contributed by atoms with E-state index in [1.165, 1.54) is 0 Å². The number of fused-ring (bicyclic) bond motifs is 1. The van der Waals surface area contributed by atoms with E-state index in [4.69, 9.17) is 4.74 Å². The highest BCUT2D eigenvalue weighted by atomic mass is 19.2. The Morgan fingerprint density at radius 1 is 1.28 bits per heavy atom. The van der Waals surface area contributed by atoms with Gasteiger partial charge in [0.05, 0.1) is 6.61 Å². The molecule has 1 fully saturated rings. The van der Waals surface area contributed by atoms with Gasteiger partial charge < -0.3 is 10.1 Å². The molecule has 1 heterocycles. The first-order chi connectivity index (χ1) is 8.54. The highest BCUT2D eigenvalue weighted by Gasteiger charge is 2.44. The van der Waals surface area contributed by atoms with Gasteiger partial charge in [0.1, 0.15) is 12.3 Å². The third-order valence-electron chi connectivity index (χ3n) is 3.93. The van der Waals surface area contributed by atoms with Crippen LogP contribution in [-0.4, -0.2) is 31.5 Å². The summed E-state index contributed by atoms with van der Waals surface area (Å²) in [5.41, 5.74) is 1.65. The van der Waals surface area contributed by atoms with Gasteiger partial charge in [-0.25, -0.2) is 8.78 Å². The summed E-state index contributed by atoms with van der Waals surface area (Å²) in [6, 6.07) is 0. The van der Waals surface area contributed by atoms with Crippen LogP contribution in [0.25, 0.3) is 0 Å². The molecule has 0 radical (unpaired) electrons. The average Bonchev–Trinajstić information content (AvgIpc) is 2.34. The number of nitrogens with one attached hydrogen (secondary N) is 1. The van der Waals surface area contributed by atoms with Gasteiger partial charge in [0, 0.05) is 18.2 Å². The quantitative estimate of drug-likeness (QED) is 0.843. The largest absolute Gasteiger partial charge is 0.376 e. The maximum absolute atomic E-state index is 13.5. The number of allylic oxidation sites excluding steroid dienone is 1. The Morgan fingerprint density at radius 3 is 2.50 bits per heavy atom. The van der Waals surface area contributed by atoms with Gasteiger partial charge in [-0.15, -0.1) is 0 Å². The molecule has 1 aliphatic heterocycles. The molecule has 1 aliphatic carbocycles. The van der Waals surface area contributed by atoms with Crippen molar-refractivity contribution in [3.8, 4) is 0 Å². The van der Waals surface area contributed by atoms with Gasteiger partial charge in [-0.1, -0.05) is 0 Å². The number of halogens is 2. The highest BCUT2D eigenvalue weighted by molar-refractivity contribution is 5.83. The summed E-state index contributed by atoms with van der Waals surface area (Å²) >= 11 is 0. The van der Waals surface area contributed by atoms with Gasteiger partial charge in [0.2, 0.25) is 5.91 Å². The Hall–Kier alpha value is -0.970. The normalized spacial score (nSPS) is 36.3. The van der Waals surface area contributed by atoms with E-state index in [0.717, 1.165) is 5.57 Å². The molecule has 102 valence electrons. The summed E-state index contributed by atoms with van der Waals surface area (Å²) in [7, 11) is 0. The van der Waals surface area contributed by atoms with Crippen LogP contribution in [0.4, 0.5) is 8.78 Å². The van der Waals surface area contributed by atoms with Crippen LogP contribution < -0.4 is 5.32 Å². The number of amides is 1. The highest BCUT2D eigenvalue weighted by Crippen LogP contribution is 2.40. The van der Waals surface area contributed by atoms with Crippen molar-refractivity contribution in [2.24, 2.45) is 11.8 Å². The Kier molecular flexibility index (Phi) is 4.00. The predicted octanol–water partition coefficient (Wildman–Crippen LogP) is 2.13. The lowest BCUT2D eigenvalue weighted by atomic mass is 9.71. The fourth-order valence-corrected chi connectivity index (χ4v) is 2.80. The Labute approximate surface area is 106 Å². The van der Waals surface area contributed by atoms with Gasteiger partial charge in [0.25, 0.3) is 0 Å². The molecule has 0 aromatic rings. The van der Waals surface area contributed by atoms with E-state index >= 15 is 0 Å². The minimum Gasteiger partial charge on any atom is -0.376 e. The van der Waals surface area contributed by atoms with Crippen LogP contribution in [0.3, 0.4) is 0 Å². The third kappa shape index (κ3) is 2.41. The topological polar surface area (TPSA) is 38.3 Å². The summed E-state index contributed by atoms with van der Waals surface area (Å²) in [4.78, 5) is 11.9. The fraction of sp³-hybridized carbons (Fsp3) is 0.769. The molecule has 0 saturated heterocycles. The lowest BCUT2D eigenvalue weighted by molar-refractivity contribution is -0.129. The maximum atomic E-state index is 13.5. The lowest BCUT2D eigenvalue weighted by Gasteiger charge is -2.39. The first-order valence-electron chi connectivity index (χ1n) is 6.41. The molecule has 0 aromatic heterocycles. The van der Waals surface area contributed by atoms with E-state index in [-0.39, 0.29) is 24.7 Å². The van der Waals surface area contributed by atoms with Gasteiger partial charge in [0.15, 0.2) is 0 Å². The molecule has 5 heteroatoms. The van der Waals surface area contributed by atoms with E-state index in [0.29, 0.717) is 18.9 Å². The van der Waals surface area contributed by atoms with E-state index in [1.54, 1.807) is 0 Å². The third-order valence-corrected chi connectivity index (χ3v) is 3.93. The second kappa shape index (κ2) is 5.34. The van der Waals surface area contributed by atoms with Crippen LogP contribution >= 0.6 is 0 Å². The molecule has 1 N–H and O–H groups in total. The van der Waals surface area contributed by atoms with Crippen LogP contribution in [-0.2, 0) is 9.53 Å². The van der Waals surface area contributed by atoms with E-state index in [9.17, 15) is 13.6 Å². The Balaban J connectivity index is 2.19. The molecular weight excluding hydrogens is 240 g/mol. The van der Waals surface area contributed by atoms with Crippen LogP contribution in [0.2, 0.25) is 0 Å². The molecule has 2 rings (SSSR count). The first kappa shape index (κ1) is 13.5. The predicted molar refractivity (Wildman–Crippen MR) is 63.3 cm³/mol. The molecule has 18 heavy (non-hydrogen) atoms. The summed E-state index contributed by atoms with van der Waals surface area (Å²) in [5.74, 6) is -0.816. The van der Waals surface area contributed by atoms with Gasteiger partial charge in [-0.3, -0.25) is 4.79 Å². The molecular formula is C13H19F2NO2. The zero-order valence-corrected chi connectivity index (χ0v) is 10.7. The number of carbonyl (C=O) groups is 1. The van der Waals surface area contributed by atoms with Crippen molar-refractivity contribution in [1.82, 2.24) is 5.32 Å². The lowest BCUT2D eigenvalue weighted by Crippen LogP contribution is -2.48. The summed E-state index contributed by atoms with van der Waals surface area (Å²) in [6.45, 7) is 4.62. The monoisotopic (exact) mass is 259 g/mol. The number of hydrogen-bond acceptors (Lipinski definition) is 2. The Morgan fingerprint density at radius 2 is 1.89 bits per heavy atom. The SMILES string of the molecule is CCOCC1=C(C)C2CC(F)C(F)C[C@H]2C(=O)N1. The van der Waals surface area contributed by atoms with E-state index < -0.39 is 18.3 Å². The molecule has 0 aromatic carbocycles. The molecule has 0 bridgehead atoms. The minimum atomic E-state index is -1.52.